The smallest absolute Gasteiger partial charge is 0.265 e. The number of rotatable bonds is 8. The lowest BCUT2D eigenvalue weighted by Gasteiger charge is -2.16. The number of carbonyl (C=O) groups excluding carboxylic acids is 2. The van der Waals surface area contributed by atoms with Crippen LogP contribution >= 0.6 is 0 Å². The molecule has 1 N–H and O–H groups in total. The minimum Gasteiger partial charge on any atom is -0.497 e. The Morgan fingerprint density at radius 3 is 1.84 bits per heavy atom. The van der Waals surface area contributed by atoms with Crippen LogP contribution in [0.2, 0.25) is 0 Å². The van der Waals surface area contributed by atoms with Crippen molar-refractivity contribution in [2.45, 2.75) is 13.0 Å². The molecule has 1 unspecified atom stereocenters. The van der Waals surface area contributed by atoms with Crippen molar-refractivity contribution < 1.29 is 28.2 Å². The first-order valence-corrected chi connectivity index (χ1v) is 9.50. The lowest BCUT2D eigenvalue weighted by molar-refractivity contribution is -0.122. The van der Waals surface area contributed by atoms with Crippen molar-refractivity contribution in [3.8, 4) is 17.2 Å². The molecule has 0 heterocycles. The third kappa shape index (κ3) is 5.60. The third-order valence-electron chi connectivity index (χ3n) is 4.52. The number of ketones is 1. The topological polar surface area (TPSA) is 73.9 Å². The summed E-state index contributed by atoms with van der Waals surface area (Å²) in [4.78, 5) is 25.0. The van der Waals surface area contributed by atoms with Crippen molar-refractivity contribution in [3.05, 3.63) is 83.7 Å². The Labute approximate surface area is 179 Å². The molecule has 0 bridgehead atoms. The van der Waals surface area contributed by atoms with Crippen molar-refractivity contribution in [3.63, 3.8) is 0 Å². The van der Waals surface area contributed by atoms with Crippen molar-refractivity contribution in [2.24, 2.45) is 0 Å². The quantitative estimate of drug-likeness (QED) is 0.541. The van der Waals surface area contributed by atoms with Gasteiger partial charge in [0.25, 0.3) is 5.91 Å². The van der Waals surface area contributed by atoms with Gasteiger partial charge in [-0.1, -0.05) is 0 Å². The van der Waals surface area contributed by atoms with E-state index in [1.807, 2.05) is 0 Å². The van der Waals surface area contributed by atoms with Crippen molar-refractivity contribution in [1.82, 2.24) is 0 Å². The largest absolute Gasteiger partial charge is 0.497 e. The number of carbonyl (C=O) groups is 2. The summed E-state index contributed by atoms with van der Waals surface area (Å²) in [5.74, 6) is 0.529. The third-order valence-corrected chi connectivity index (χ3v) is 4.52. The lowest BCUT2D eigenvalue weighted by atomic mass is 10.0. The van der Waals surface area contributed by atoms with E-state index in [2.05, 4.69) is 5.32 Å². The van der Waals surface area contributed by atoms with Crippen molar-refractivity contribution in [2.75, 3.05) is 19.5 Å². The van der Waals surface area contributed by atoms with E-state index in [1.165, 1.54) is 38.5 Å². The molecular weight excluding hydrogens is 401 g/mol. The molecule has 0 aliphatic carbocycles. The van der Waals surface area contributed by atoms with Gasteiger partial charge in [-0.25, -0.2) is 4.39 Å². The summed E-state index contributed by atoms with van der Waals surface area (Å²) in [6, 6.07) is 16.8. The molecule has 3 rings (SSSR count). The van der Waals surface area contributed by atoms with E-state index in [0.717, 1.165) is 0 Å². The second-order valence-electron chi connectivity index (χ2n) is 6.71. The average molecular weight is 423 g/mol. The van der Waals surface area contributed by atoms with Gasteiger partial charge >= 0.3 is 0 Å². The van der Waals surface area contributed by atoms with Gasteiger partial charge in [-0.2, -0.15) is 0 Å². The molecule has 0 saturated heterocycles. The highest BCUT2D eigenvalue weighted by Gasteiger charge is 2.16. The molecule has 1 amide bonds. The molecule has 3 aromatic rings. The van der Waals surface area contributed by atoms with Gasteiger partial charge in [0, 0.05) is 35.0 Å². The molecule has 0 saturated carbocycles. The Bertz CT molecular complexity index is 1040. The van der Waals surface area contributed by atoms with Crippen LogP contribution in [-0.2, 0) is 4.79 Å². The second kappa shape index (κ2) is 9.75. The highest BCUT2D eigenvalue weighted by Crippen LogP contribution is 2.26. The number of halogens is 1. The first-order chi connectivity index (χ1) is 14.9. The van der Waals surface area contributed by atoms with E-state index in [0.29, 0.717) is 34.1 Å². The minimum absolute atomic E-state index is 0.232. The van der Waals surface area contributed by atoms with Crippen LogP contribution in [0.25, 0.3) is 0 Å². The Hall–Kier alpha value is -3.87. The van der Waals surface area contributed by atoms with Gasteiger partial charge in [-0.3, -0.25) is 9.59 Å². The number of ether oxygens (including phenoxy) is 3. The van der Waals surface area contributed by atoms with Crippen LogP contribution in [-0.4, -0.2) is 32.0 Å². The fourth-order valence-corrected chi connectivity index (χ4v) is 2.83. The zero-order valence-corrected chi connectivity index (χ0v) is 17.3. The fourth-order valence-electron chi connectivity index (χ4n) is 2.83. The maximum atomic E-state index is 13.0. The molecule has 31 heavy (non-hydrogen) atoms. The number of anilines is 1. The highest BCUT2D eigenvalue weighted by atomic mass is 19.1. The molecule has 6 nitrogen and oxygen atoms in total. The van der Waals surface area contributed by atoms with E-state index >= 15 is 0 Å². The molecular formula is C24H22FNO5. The van der Waals surface area contributed by atoms with Crippen LogP contribution in [0.1, 0.15) is 22.8 Å². The van der Waals surface area contributed by atoms with Gasteiger partial charge in [0.2, 0.25) is 0 Å². The number of amides is 1. The number of benzene rings is 3. The van der Waals surface area contributed by atoms with E-state index < -0.39 is 11.9 Å². The average Bonchev–Trinajstić information content (AvgIpc) is 2.79. The van der Waals surface area contributed by atoms with E-state index in [1.54, 1.807) is 49.4 Å². The molecule has 0 spiro atoms. The van der Waals surface area contributed by atoms with E-state index in [4.69, 9.17) is 14.2 Å². The van der Waals surface area contributed by atoms with Crippen molar-refractivity contribution in [1.29, 1.82) is 0 Å². The minimum atomic E-state index is -0.796. The Kier molecular flexibility index (Phi) is 6.87. The summed E-state index contributed by atoms with van der Waals surface area (Å²) < 4.78 is 29.1. The van der Waals surface area contributed by atoms with Gasteiger partial charge in [0.05, 0.1) is 14.2 Å². The fraction of sp³-hybridized carbons (Fsp3) is 0.167. The zero-order chi connectivity index (χ0) is 22.4. The first-order valence-electron chi connectivity index (χ1n) is 9.50. The Morgan fingerprint density at radius 2 is 1.32 bits per heavy atom. The number of nitrogens with one attached hydrogen (secondary N) is 1. The van der Waals surface area contributed by atoms with Crippen LogP contribution in [0.4, 0.5) is 10.1 Å². The SMILES string of the molecule is COc1cc(NC(=O)C(C)Oc2ccc(C(=O)c3ccc(F)cc3)cc2)cc(OC)c1. The van der Waals surface area contributed by atoms with Gasteiger partial charge < -0.3 is 19.5 Å². The van der Waals surface area contributed by atoms with Crippen LogP contribution in [0.15, 0.2) is 66.7 Å². The normalized spacial score (nSPS) is 11.4. The molecule has 3 aromatic carbocycles. The summed E-state index contributed by atoms with van der Waals surface area (Å²) in [7, 11) is 3.05. The lowest BCUT2D eigenvalue weighted by Crippen LogP contribution is -2.30. The molecule has 0 radical (unpaired) electrons. The van der Waals surface area contributed by atoms with E-state index in [-0.39, 0.29) is 11.7 Å². The summed E-state index contributed by atoms with van der Waals surface area (Å²) in [6.07, 6.45) is -0.796. The molecule has 0 aromatic heterocycles. The number of hydrogen-bond donors (Lipinski definition) is 1. The van der Waals surface area contributed by atoms with Gasteiger partial charge in [0.1, 0.15) is 23.1 Å². The van der Waals surface area contributed by atoms with Crippen LogP contribution in [0.5, 0.6) is 17.2 Å². The maximum Gasteiger partial charge on any atom is 0.265 e. The zero-order valence-electron chi connectivity index (χ0n) is 17.3. The maximum absolute atomic E-state index is 13.0. The van der Waals surface area contributed by atoms with Crippen LogP contribution < -0.4 is 19.5 Å². The molecule has 1 atom stereocenters. The van der Waals surface area contributed by atoms with Gasteiger partial charge in [0.15, 0.2) is 11.9 Å². The summed E-state index contributed by atoms with van der Waals surface area (Å²) in [5.41, 5.74) is 1.33. The van der Waals surface area contributed by atoms with Crippen LogP contribution in [0, 0.1) is 5.82 Å². The summed E-state index contributed by atoms with van der Waals surface area (Å²) in [6.45, 7) is 1.62. The number of hydrogen-bond acceptors (Lipinski definition) is 5. The Morgan fingerprint density at radius 1 is 0.806 bits per heavy atom. The highest BCUT2D eigenvalue weighted by molar-refractivity contribution is 6.09. The second-order valence-corrected chi connectivity index (χ2v) is 6.71. The molecule has 0 aliphatic rings. The van der Waals surface area contributed by atoms with Gasteiger partial charge in [-0.15, -0.1) is 0 Å². The Balaban J connectivity index is 1.63. The molecule has 0 fully saturated rings. The summed E-state index contributed by atoms with van der Waals surface area (Å²) in [5, 5.41) is 2.76. The summed E-state index contributed by atoms with van der Waals surface area (Å²) >= 11 is 0. The van der Waals surface area contributed by atoms with Gasteiger partial charge in [-0.05, 0) is 55.5 Å². The molecule has 160 valence electrons. The monoisotopic (exact) mass is 423 g/mol. The standard InChI is InChI=1S/C24H22FNO5/c1-15(24(28)26-19-12-21(29-2)14-22(13-19)30-3)31-20-10-6-17(7-11-20)23(27)16-4-8-18(25)9-5-16/h4-15H,1-3H3,(H,26,28). The van der Waals surface area contributed by atoms with E-state index in [9.17, 15) is 14.0 Å². The predicted molar refractivity (Wildman–Crippen MR) is 115 cm³/mol. The molecule has 7 heteroatoms. The predicted octanol–water partition coefficient (Wildman–Crippen LogP) is 4.48. The molecule has 0 aliphatic heterocycles. The van der Waals surface area contributed by atoms with Crippen LogP contribution in [0.3, 0.4) is 0 Å². The first kappa shape index (κ1) is 21.8. The number of methoxy groups -OCH3 is 2. The van der Waals surface area contributed by atoms with Crippen molar-refractivity contribution >= 4 is 17.4 Å².